The fourth-order valence-electron chi connectivity index (χ4n) is 3.37. The number of anilines is 1. The number of carbonyl (C=O) groups is 1. The predicted molar refractivity (Wildman–Crippen MR) is 103 cm³/mol. The smallest absolute Gasteiger partial charge is 0.261 e. The van der Waals surface area contributed by atoms with Gasteiger partial charge in [-0.2, -0.15) is 0 Å². The number of aryl methyl sites for hydroxylation is 2. The van der Waals surface area contributed by atoms with Crippen LogP contribution in [0.2, 0.25) is 0 Å². The van der Waals surface area contributed by atoms with Gasteiger partial charge in [-0.05, 0) is 74.2 Å². The fourth-order valence-corrected chi connectivity index (χ4v) is 4.41. The molecule has 1 aliphatic rings. The number of hydrogen-bond acceptors (Lipinski definition) is 3. The van der Waals surface area contributed by atoms with E-state index in [4.69, 9.17) is 0 Å². The van der Waals surface area contributed by atoms with E-state index in [-0.39, 0.29) is 16.8 Å². The second-order valence-electron chi connectivity index (χ2n) is 6.96. The maximum absolute atomic E-state index is 12.6. The van der Waals surface area contributed by atoms with Crippen molar-refractivity contribution in [3.8, 4) is 0 Å². The lowest BCUT2D eigenvalue weighted by Crippen LogP contribution is -2.32. The largest absolute Gasteiger partial charge is 0.349 e. The average Bonchev–Trinajstić information content (AvgIpc) is 3.06. The highest BCUT2D eigenvalue weighted by Gasteiger charge is 2.19. The standard InChI is InChI=1S/C20H24N2O3S/c1-14-11-15(2)13-18(12-14)22-26(24,25)19-9-7-16(8-10-19)20(23)21-17-5-3-4-6-17/h7-13,17,22H,3-6H2,1-2H3,(H,21,23). The normalized spacial score (nSPS) is 15.0. The highest BCUT2D eigenvalue weighted by atomic mass is 32.2. The van der Waals surface area contributed by atoms with Crippen LogP contribution in [-0.2, 0) is 10.0 Å². The Hall–Kier alpha value is -2.34. The van der Waals surface area contributed by atoms with Crippen LogP contribution in [0, 0.1) is 13.8 Å². The van der Waals surface area contributed by atoms with E-state index in [0.717, 1.165) is 36.8 Å². The first-order valence-corrected chi connectivity index (χ1v) is 10.3. The van der Waals surface area contributed by atoms with Gasteiger partial charge >= 0.3 is 0 Å². The van der Waals surface area contributed by atoms with Crippen molar-refractivity contribution in [2.75, 3.05) is 4.72 Å². The summed E-state index contributed by atoms with van der Waals surface area (Å²) in [4.78, 5) is 12.4. The van der Waals surface area contributed by atoms with Crippen LogP contribution in [-0.4, -0.2) is 20.4 Å². The molecule has 3 rings (SSSR count). The Labute approximate surface area is 154 Å². The van der Waals surface area contributed by atoms with Gasteiger partial charge in [-0.25, -0.2) is 8.42 Å². The summed E-state index contributed by atoms with van der Waals surface area (Å²) < 4.78 is 27.7. The summed E-state index contributed by atoms with van der Waals surface area (Å²) in [5.41, 5.74) is 2.98. The lowest BCUT2D eigenvalue weighted by Gasteiger charge is -2.13. The first-order chi connectivity index (χ1) is 12.3. The Morgan fingerprint density at radius 3 is 2.12 bits per heavy atom. The number of amides is 1. The zero-order valence-electron chi connectivity index (χ0n) is 15.1. The first-order valence-electron chi connectivity index (χ1n) is 8.85. The molecule has 2 aromatic carbocycles. The molecule has 0 aliphatic heterocycles. The van der Waals surface area contributed by atoms with Gasteiger partial charge < -0.3 is 5.32 Å². The van der Waals surface area contributed by atoms with E-state index in [9.17, 15) is 13.2 Å². The molecule has 1 aliphatic carbocycles. The van der Waals surface area contributed by atoms with Crippen LogP contribution in [0.4, 0.5) is 5.69 Å². The van der Waals surface area contributed by atoms with Gasteiger partial charge in [0.15, 0.2) is 0 Å². The van der Waals surface area contributed by atoms with Crippen LogP contribution in [0.5, 0.6) is 0 Å². The van der Waals surface area contributed by atoms with Gasteiger partial charge in [0.05, 0.1) is 4.90 Å². The minimum Gasteiger partial charge on any atom is -0.349 e. The van der Waals surface area contributed by atoms with Crippen molar-refractivity contribution in [3.05, 3.63) is 59.2 Å². The predicted octanol–water partition coefficient (Wildman–Crippen LogP) is 3.78. The Morgan fingerprint density at radius 2 is 1.54 bits per heavy atom. The van der Waals surface area contributed by atoms with Crippen molar-refractivity contribution in [3.63, 3.8) is 0 Å². The van der Waals surface area contributed by atoms with E-state index >= 15 is 0 Å². The van der Waals surface area contributed by atoms with Gasteiger partial charge in [0, 0.05) is 17.3 Å². The maximum Gasteiger partial charge on any atom is 0.261 e. The molecular weight excluding hydrogens is 348 g/mol. The summed E-state index contributed by atoms with van der Waals surface area (Å²) in [5.74, 6) is -0.150. The molecule has 1 saturated carbocycles. The minimum absolute atomic E-state index is 0.133. The Bertz CT molecular complexity index is 879. The summed E-state index contributed by atoms with van der Waals surface area (Å²) in [6.45, 7) is 3.84. The Morgan fingerprint density at radius 1 is 0.962 bits per heavy atom. The molecule has 1 fully saturated rings. The first kappa shape index (κ1) is 18.5. The highest BCUT2D eigenvalue weighted by Crippen LogP contribution is 2.20. The second kappa shape index (κ2) is 7.50. The van der Waals surface area contributed by atoms with Gasteiger partial charge in [0.1, 0.15) is 0 Å². The molecule has 0 atom stereocenters. The molecular formula is C20H24N2O3S. The van der Waals surface area contributed by atoms with E-state index < -0.39 is 10.0 Å². The molecule has 0 aromatic heterocycles. The molecule has 1 amide bonds. The van der Waals surface area contributed by atoms with Crippen LogP contribution >= 0.6 is 0 Å². The molecule has 0 bridgehead atoms. The van der Waals surface area contributed by atoms with E-state index in [1.165, 1.54) is 12.1 Å². The molecule has 0 heterocycles. The summed E-state index contributed by atoms with van der Waals surface area (Å²) in [5, 5.41) is 3.00. The van der Waals surface area contributed by atoms with Crippen molar-refractivity contribution in [1.29, 1.82) is 0 Å². The van der Waals surface area contributed by atoms with Gasteiger partial charge in [0.25, 0.3) is 15.9 Å². The fraction of sp³-hybridized carbons (Fsp3) is 0.350. The minimum atomic E-state index is -3.69. The second-order valence-corrected chi connectivity index (χ2v) is 8.64. The van der Waals surface area contributed by atoms with Crippen molar-refractivity contribution >= 4 is 21.6 Å². The van der Waals surface area contributed by atoms with E-state index in [1.807, 2.05) is 19.9 Å². The molecule has 0 radical (unpaired) electrons. The van der Waals surface area contributed by atoms with Crippen LogP contribution < -0.4 is 10.0 Å². The van der Waals surface area contributed by atoms with E-state index in [0.29, 0.717) is 11.3 Å². The molecule has 5 nitrogen and oxygen atoms in total. The molecule has 6 heteroatoms. The van der Waals surface area contributed by atoms with Gasteiger partial charge in [-0.1, -0.05) is 18.9 Å². The number of rotatable bonds is 5. The monoisotopic (exact) mass is 372 g/mol. The number of nitrogens with one attached hydrogen (secondary N) is 2. The average molecular weight is 372 g/mol. The third kappa shape index (κ3) is 4.43. The third-order valence-electron chi connectivity index (χ3n) is 4.59. The Balaban J connectivity index is 1.73. The molecule has 0 spiro atoms. The van der Waals surface area contributed by atoms with Crippen LogP contribution in [0.15, 0.2) is 47.4 Å². The molecule has 0 saturated heterocycles. The van der Waals surface area contributed by atoms with Gasteiger partial charge in [-0.15, -0.1) is 0 Å². The summed E-state index contributed by atoms with van der Waals surface area (Å²) in [7, 11) is -3.69. The number of sulfonamides is 1. The molecule has 2 aromatic rings. The molecule has 2 N–H and O–H groups in total. The topological polar surface area (TPSA) is 75.3 Å². The quantitative estimate of drug-likeness (QED) is 0.839. The van der Waals surface area contributed by atoms with Crippen molar-refractivity contribution < 1.29 is 13.2 Å². The summed E-state index contributed by atoms with van der Waals surface area (Å²) in [6, 6.07) is 11.8. The van der Waals surface area contributed by atoms with Gasteiger partial charge in [0.2, 0.25) is 0 Å². The SMILES string of the molecule is Cc1cc(C)cc(NS(=O)(=O)c2ccc(C(=O)NC3CCCC3)cc2)c1. The van der Waals surface area contributed by atoms with Crippen molar-refractivity contribution in [2.45, 2.75) is 50.5 Å². The highest BCUT2D eigenvalue weighted by molar-refractivity contribution is 7.92. The zero-order valence-corrected chi connectivity index (χ0v) is 15.9. The van der Waals surface area contributed by atoms with Crippen molar-refractivity contribution in [2.24, 2.45) is 0 Å². The third-order valence-corrected chi connectivity index (χ3v) is 5.99. The lowest BCUT2D eigenvalue weighted by molar-refractivity contribution is 0.0938. The molecule has 138 valence electrons. The number of carbonyl (C=O) groups excluding carboxylic acids is 1. The zero-order chi connectivity index (χ0) is 18.7. The maximum atomic E-state index is 12.6. The van der Waals surface area contributed by atoms with E-state index in [2.05, 4.69) is 10.0 Å². The molecule has 26 heavy (non-hydrogen) atoms. The summed E-state index contributed by atoms with van der Waals surface area (Å²) in [6.07, 6.45) is 4.31. The summed E-state index contributed by atoms with van der Waals surface area (Å²) >= 11 is 0. The van der Waals surface area contributed by atoms with Crippen molar-refractivity contribution in [1.82, 2.24) is 5.32 Å². The van der Waals surface area contributed by atoms with E-state index in [1.54, 1.807) is 24.3 Å². The van der Waals surface area contributed by atoms with Crippen LogP contribution in [0.1, 0.15) is 47.2 Å². The van der Waals surface area contributed by atoms with Crippen LogP contribution in [0.25, 0.3) is 0 Å². The lowest BCUT2D eigenvalue weighted by atomic mass is 10.1. The Kier molecular flexibility index (Phi) is 5.32. The number of hydrogen-bond donors (Lipinski definition) is 2. The van der Waals surface area contributed by atoms with Gasteiger partial charge in [-0.3, -0.25) is 9.52 Å². The molecule has 0 unspecified atom stereocenters. The van der Waals surface area contributed by atoms with Crippen LogP contribution in [0.3, 0.4) is 0 Å². The number of benzene rings is 2.